The third-order valence-electron chi connectivity index (χ3n) is 6.90. The van der Waals surface area contributed by atoms with Crippen LogP contribution in [0.25, 0.3) is 27.2 Å². The molecule has 0 radical (unpaired) electrons. The first-order valence-electron chi connectivity index (χ1n) is 12.7. The normalized spacial score (nSPS) is 22.8. The van der Waals surface area contributed by atoms with E-state index in [1.165, 1.54) is 40.7 Å². The second kappa shape index (κ2) is 11.8. The summed E-state index contributed by atoms with van der Waals surface area (Å²) in [5.41, 5.74) is 2.14. The average Bonchev–Trinajstić information content (AvgIpc) is 3.72. The lowest BCUT2D eigenvalue weighted by Crippen LogP contribution is -2.54. The Balaban J connectivity index is 1.42. The molecule has 0 spiro atoms. The Kier molecular flexibility index (Phi) is 8.08. The predicted octanol–water partition coefficient (Wildman–Crippen LogP) is 4.03. The largest absolute Gasteiger partial charge is 0.394 e. The number of benzene rings is 2. The highest BCUT2D eigenvalue weighted by molar-refractivity contribution is 9.10. The van der Waals surface area contributed by atoms with Crippen LogP contribution in [0.2, 0.25) is 0 Å². The number of aliphatic hydroxyl groups is 2. The van der Waals surface area contributed by atoms with Crippen molar-refractivity contribution in [1.29, 1.82) is 0 Å². The summed E-state index contributed by atoms with van der Waals surface area (Å²) >= 11 is 4.62. The molecule has 11 nitrogen and oxygen atoms in total. The number of halogens is 4. The zero-order valence-corrected chi connectivity index (χ0v) is 24.2. The van der Waals surface area contributed by atoms with Gasteiger partial charge in [-0.05, 0) is 53.2 Å². The molecule has 0 saturated carbocycles. The highest BCUT2D eigenvalue weighted by Gasteiger charge is 2.50. The van der Waals surface area contributed by atoms with E-state index in [2.05, 4.69) is 41.4 Å². The third kappa shape index (κ3) is 5.45. The molecule has 1 fully saturated rings. The summed E-state index contributed by atoms with van der Waals surface area (Å²) < 4.78 is 56.8. The first-order chi connectivity index (χ1) is 20.2. The van der Waals surface area contributed by atoms with Gasteiger partial charge in [-0.1, -0.05) is 11.3 Å². The Morgan fingerprint density at radius 1 is 1.19 bits per heavy atom. The summed E-state index contributed by atoms with van der Waals surface area (Å²) in [7, 11) is 0. The van der Waals surface area contributed by atoms with Gasteiger partial charge in [-0.2, -0.15) is 0 Å². The fourth-order valence-electron chi connectivity index (χ4n) is 5.00. The van der Waals surface area contributed by atoms with Gasteiger partial charge in [0.2, 0.25) is 0 Å². The van der Waals surface area contributed by atoms with Crippen LogP contribution in [0.4, 0.5) is 13.2 Å². The summed E-state index contributed by atoms with van der Waals surface area (Å²) in [4.78, 5) is 4.47. The van der Waals surface area contributed by atoms with Gasteiger partial charge in [0.1, 0.15) is 54.9 Å². The Morgan fingerprint density at radius 3 is 2.79 bits per heavy atom. The zero-order valence-electron chi connectivity index (χ0n) is 21.8. The molecule has 1 unspecified atom stereocenters. The van der Waals surface area contributed by atoms with Crippen LogP contribution in [-0.4, -0.2) is 82.9 Å². The minimum atomic E-state index is -2.83. The number of alkyl halides is 2. The Morgan fingerprint density at radius 2 is 2.02 bits per heavy atom. The molecule has 5 aromatic rings. The van der Waals surface area contributed by atoms with E-state index in [4.69, 9.17) is 9.47 Å². The van der Waals surface area contributed by atoms with Crippen molar-refractivity contribution in [1.82, 2.24) is 34.7 Å². The molecule has 3 aromatic heterocycles. The van der Waals surface area contributed by atoms with Gasteiger partial charge in [0.25, 0.3) is 6.43 Å². The van der Waals surface area contributed by atoms with Crippen molar-refractivity contribution in [3.8, 4) is 16.9 Å². The maximum atomic E-state index is 14.2. The molecule has 220 valence electrons. The summed E-state index contributed by atoms with van der Waals surface area (Å²) in [5, 5.41) is 38.7. The van der Waals surface area contributed by atoms with Crippen molar-refractivity contribution in [2.45, 2.75) is 43.8 Å². The quantitative estimate of drug-likeness (QED) is 0.252. The second-order valence-corrected chi connectivity index (χ2v) is 11.7. The Hall–Kier alpha value is -3.28. The Labute approximate surface area is 248 Å². The van der Waals surface area contributed by atoms with Crippen molar-refractivity contribution < 1.29 is 32.9 Å². The lowest BCUT2D eigenvalue weighted by molar-refractivity contribution is -0.229. The van der Waals surface area contributed by atoms with Gasteiger partial charge < -0.3 is 19.7 Å². The average molecular weight is 666 g/mol. The molecular weight excluding hydrogens is 643 g/mol. The highest BCUT2D eigenvalue weighted by Crippen LogP contribution is 2.41. The van der Waals surface area contributed by atoms with Crippen molar-refractivity contribution in [3.05, 3.63) is 70.0 Å². The van der Waals surface area contributed by atoms with Crippen LogP contribution >= 0.6 is 27.3 Å². The minimum Gasteiger partial charge on any atom is -0.394 e. The molecule has 2 N–H and O–H groups in total. The molecular formula is C26H23BrF3N7O4S. The van der Waals surface area contributed by atoms with Crippen LogP contribution in [0.3, 0.4) is 0 Å². The molecule has 16 heteroatoms. The number of aromatic nitrogens is 7. The molecule has 1 saturated heterocycles. The summed E-state index contributed by atoms with van der Waals surface area (Å²) in [6, 6.07) is 8.78. The standard InChI is InChI=1S/C26H23BrF3N7O4S/c1-12-32-17-5-3-14(7-20(17)42-12)36-11-31-34-26(36)25-24(40-10-21(29)30)22(23(39)19(9-38)41-25)37-8-18(33-35-37)13-2-4-15(27)16(28)6-13/h2-8,11,19,21-25,38-39H,9-10H2,1H3/t19-,22+,23?,24-,25-/m1/s1. The third-order valence-corrected chi connectivity index (χ3v) is 8.48. The molecule has 0 aliphatic carbocycles. The van der Waals surface area contributed by atoms with Crippen LogP contribution < -0.4 is 0 Å². The van der Waals surface area contributed by atoms with Crippen LogP contribution in [0, 0.1) is 12.7 Å². The topological polar surface area (TPSA) is 133 Å². The van der Waals surface area contributed by atoms with E-state index >= 15 is 0 Å². The predicted molar refractivity (Wildman–Crippen MR) is 148 cm³/mol. The monoisotopic (exact) mass is 665 g/mol. The minimum absolute atomic E-state index is 0.195. The fraction of sp³-hybridized carbons (Fsp3) is 0.346. The van der Waals surface area contributed by atoms with E-state index < -0.39 is 55.9 Å². The van der Waals surface area contributed by atoms with Gasteiger partial charge in [0.15, 0.2) is 5.82 Å². The number of ether oxygens (including phenoxy) is 2. The maximum Gasteiger partial charge on any atom is 0.261 e. The van der Waals surface area contributed by atoms with Crippen molar-refractivity contribution >= 4 is 37.5 Å². The van der Waals surface area contributed by atoms with Crippen LogP contribution in [0.15, 0.2) is 53.4 Å². The number of nitrogens with zero attached hydrogens (tertiary/aromatic N) is 7. The second-order valence-electron chi connectivity index (χ2n) is 9.60. The van der Waals surface area contributed by atoms with E-state index in [1.54, 1.807) is 10.6 Å². The molecule has 42 heavy (non-hydrogen) atoms. The summed E-state index contributed by atoms with van der Waals surface area (Å²) in [6.07, 6.45) is -5.00. The van der Waals surface area contributed by atoms with Gasteiger partial charge >= 0.3 is 0 Å². The molecule has 6 rings (SSSR count). The lowest BCUT2D eigenvalue weighted by Gasteiger charge is -2.43. The molecule has 1 aliphatic heterocycles. The smallest absolute Gasteiger partial charge is 0.261 e. The Bertz CT molecular complexity index is 1720. The number of hydrogen-bond donors (Lipinski definition) is 2. The lowest BCUT2D eigenvalue weighted by atomic mass is 9.91. The van der Waals surface area contributed by atoms with Gasteiger partial charge in [0, 0.05) is 11.3 Å². The van der Waals surface area contributed by atoms with E-state index in [-0.39, 0.29) is 16.0 Å². The van der Waals surface area contributed by atoms with Crippen molar-refractivity contribution in [2.24, 2.45) is 0 Å². The molecule has 0 amide bonds. The van der Waals surface area contributed by atoms with Crippen molar-refractivity contribution in [2.75, 3.05) is 13.2 Å². The molecule has 5 atom stereocenters. The number of hydrogen-bond acceptors (Lipinski definition) is 10. The SMILES string of the molecule is Cc1nc2ccc(-n3cnnc3[C@@H]3O[C@H](CO)C(O)[C@H](n4cc(-c5ccc(Br)c(F)c5)nn4)[C@H]3OCC(F)F)cc2s1. The van der Waals surface area contributed by atoms with Gasteiger partial charge in [-0.25, -0.2) is 22.8 Å². The molecule has 0 bridgehead atoms. The molecule has 2 aromatic carbocycles. The number of rotatable bonds is 8. The zero-order chi connectivity index (χ0) is 29.5. The highest BCUT2D eigenvalue weighted by atomic mass is 79.9. The molecule has 1 aliphatic rings. The van der Waals surface area contributed by atoms with E-state index in [9.17, 15) is 23.4 Å². The van der Waals surface area contributed by atoms with Crippen LogP contribution in [0.1, 0.15) is 23.0 Å². The number of aliphatic hydroxyl groups excluding tert-OH is 2. The first-order valence-corrected chi connectivity index (χ1v) is 14.3. The van der Waals surface area contributed by atoms with Crippen LogP contribution in [-0.2, 0) is 9.47 Å². The number of aryl methyl sites for hydroxylation is 1. The summed E-state index contributed by atoms with van der Waals surface area (Å²) in [5.74, 6) is -0.321. The number of thiazole rings is 1. The van der Waals surface area contributed by atoms with E-state index in [0.29, 0.717) is 11.3 Å². The van der Waals surface area contributed by atoms with Gasteiger partial charge in [0.05, 0.1) is 32.5 Å². The fourth-order valence-corrected chi connectivity index (χ4v) is 6.11. The van der Waals surface area contributed by atoms with Crippen molar-refractivity contribution in [3.63, 3.8) is 0 Å². The van der Waals surface area contributed by atoms with Gasteiger partial charge in [-0.3, -0.25) is 4.57 Å². The number of fused-ring (bicyclic) bond motifs is 1. The van der Waals surface area contributed by atoms with Crippen LogP contribution in [0.5, 0.6) is 0 Å². The molecule has 4 heterocycles. The summed E-state index contributed by atoms with van der Waals surface area (Å²) in [6.45, 7) is 0.325. The van der Waals surface area contributed by atoms with E-state index in [0.717, 1.165) is 15.2 Å². The van der Waals surface area contributed by atoms with Gasteiger partial charge in [-0.15, -0.1) is 26.6 Å². The first kappa shape index (κ1) is 28.8. The van der Waals surface area contributed by atoms with E-state index in [1.807, 2.05) is 25.1 Å². The maximum absolute atomic E-state index is 14.2.